The molecular formula is C21H23N3O2. The molecule has 5 heteroatoms. The predicted octanol–water partition coefficient (Wildman–Crippen LogP) is 4.16. The quantitative estimate of drug-likeness (QED) is 0.722. The molecule has 1 aliphatic heterocycles. The number of aryl methyl sites for hydroxylation is 2. The van der Waals surface area contributed by atoms with Crippen LogP contribution in [0, 0.1) is 6.92 Å². The first-order valence-corrected chi connectivity index (χ1v) is 9.07. The smallest absolute Gasteiger partial charge is 0.338 e. The van der Waals surface area contributed by atoms with Crippen molar-refractivity contribution in [1.29, 1.82) is 0 Å². The highest BCUT2D eigenvalue weighted by Gasteiger charge is 2.28. The zero-order valence-corrected chi connectivity index (χ0v) is 15.4. The van der Waals surface area contributed by atoms with Crippen molar-refractivity contribution in [2.75, 3.05) is 11.9 Å². The van der Waals surface area contributed by atoms with Crippen molar-refractivity contribution in [1.82, 2.24) is 9.55 Å². The molecule has 0 saturated carbocycles. The van der Waals surface area contributed by atoms with Gasteiger partial charge in [-0.25, -0.2) is 9.78 Å². The number of carbonyl (C=O) groups is 1. The Morgan fingerprint density at radius 1 is 1.35 bits per heavy atom. The van der Waals surface area contributed by atoms with Crippen molar-refractivity contribution < 1.29 is 9.53 Å². The summed E-state index contributed by atoms with van der Waals surface area (Å²) in [7, 11) is 1.98. The fourth-order valence-electron chi connectivity index (χ4n) is 3.75. The minimum absolute atomic E-state index is 0.214. The Morgan fingerprint density at radius 2 is 2.12 bits per heavy atom. The number of carbonyl (C=O) groups excluding carboxylic acids is 1. The second-order valence-electron chi connectivity index (χ2n) is 6.73. The van der Waals surface area contributed by atoms with E-state index in [1.165, 1.54) is 5.56 Å². The third kappa shape index (κ3) is 2.64. The molecule has 1 aliphatic rings. The SMILES string of the molecule is CCOC(=O)c1cc2c(nc(C)n2C)c2c1CCC(c1ccccc1)N2. The average Bonchev–Trinajstić information content (AvgIpc) is 2.96. The van der Waals surface area contributed by atoms with Gasteiger partial charge in [-0.2, -0.15) is 0 Å². The van der Waals surface area contributed by atoms with E-state index in [1.807, 2.05) is 37.6 Å². The van der Waals surface area contributed by atoms with E-state index in [0.717, 1.165) is 41.0 Å². The number of nitrogens with zero attached hydrogens (tertiary/aromatic N) is 2. The Balaban J connectivity index is 1.87. The Hall–Kier alpha value is -2.82. The van der Waals surface area contributed by atoms with Crippen molar-refractivity contribution in [2.24, 2.45) is 7.05 Å². The fraction of sp³-hybridized carbons (Fsp3) is 0.333. The summed E-state index contributed by atoms with van der Waals surface area (Å²) in [6, 6.07) is 12.6. The number of rotatable bonds is 3. The number of esters is 1. The molecule has 2 heterocycles. The minimum Gasteiger partial charge on any atom is -0.462 e. The molecular weight excluding hydrogens is 326 g/mol. The normalized spacial score (nSPS) is 16.2. The zero-order valence-electron chi connectivity index (χ0n) is 15.4. The van der Waals surface area contributed by atoms with E-state index in [-0.39, 0.29) is 12.0 Å². The van der Waals surface area contributed by atoms with Crippen LogP contribution in [0.4, 0.5) is 5.69 Å². The van der Waals surface area contributed by atoms with E-state index in [4.69, 9.17) is 9.72 Å². The molecule has 2 aromatic carbocycles. The van der Waals surface area contributed by atoms with Crippen LogP contribution in [-0.2, 0) is 18.2 Å². The van der Waals surface area contributed by atoms with Crippen LogP contribution in [0.2, 0.25) is 0 Å². The number of imidazole rings is 1. The first kappa shape index (κ1) is 16.6. The second-order valence-corrected chi connectivity index (χ2v) is 6.73. The highest BCUT2D eigenvalue weighted by atomic mass is 16.5. The van der Waals surface area contributed by atoms with Gasteiger partial charge in [0, 0.05) is 7.05 Å². The third-order valence-corrected chi connectivity index (χ3v) is 5.21. The van der Waals surface area contributed by atoms with E-state index in [0.29, 0.717) is 12.2 Å². The van der Waals surface area contributed by atoms with Crippen LogP contribution < -0.4 is 5.32 Å². The van der Waals surface area contributed by atoms with Gasteiger partial charge in [-0.1, -0.05) is 30.3 Å². The summed E-state index contributed by atoms with van der Waals surface area (Å²) in [5.74, 6) is 0.663. The van der Waals surface area contributed by atoms with Crippen LogP contribution in [0.25, 0.3) is 11.0 Å². The molecule has 134 valence electrons. The first-order chi connectivity index (χ1) is 12.6. The number of fused-ring (bicyclic) bond motifs is 3. The van der Waals surface area contributed by atoms with Crippen molar-refractivity contribution >= 4 is 22.7 Å². The van der Waals surface area contributed by atoms with Gasteiger partial charge in [0.2, 0.25) is 0 Å². The van der Waals surface area contributed by atoms with E-state index in [9.17, 15) is 4.79 Å². The average molecular weight is 349 g/mol. The minimum atomic E-state index is -0.260. The van der Waals surface area contributed by atoms with E-state index >= 15 is 0 Å². The van der Waals surface area contributed by atoms with Crippen molar-refractivity contribution in [3.05, 3.63) is 58.9 Å². The van der Waals surface area contributed by atoms with Crippen LogP contribution in [-0.4, -0.2) is 22.1 Å². The maximum Gasteiger partial charge on any atom is 0.338 e. The molecule has 26 heavy (non-hydrogen) atoms. The zero-order chi connectivity index (χ0) is 18.3. The van der Waals surface area contributed by atoms with Gasteiger partial charge < -0.3 is 14.6 Å². The summed E-state index contributed by atoms with van der Waals surface area (Å²) in [5, 5.41) is 3.65. The molecule has 4 rings (SSSR count). The molecule has 0 amide bonds. The molecule has 3 aromatic rings. The molecule has 0 saturated heterocycles. The topological polar surface area (TPSA) is 56.1 Å². The van der Waals surface area contributed by atoms with Crippen LogP contribution in [0.15, 0.2) is 36.4 Å². The maximum absolute atomic E-state index is 12.6. The first-order valence-electron chi connectivity index (χ1n) is 9.07. The van der Waals surface area contributed by atoms with Crippen LogP contribution in [0.1, 0.15) is 46.7 Å². The Morgan fingerprint density at radius 3 is 2.85 bits per heavy atom. The molecule has 0 fully saturated rings. The molecule has 5 nitrogen and oxygen atoms in total. The van der Waals surface area contributed by atoms with Crippen molar-refractivity contribution in [3.8, 4) is 0 Å². The van der Waals surface area contributed by atoms with Gasteiger partial charge in [0.15, 0.2) is 0 Å². The lowest BCUT2D eigenvalue weighted by Crippen LogP contribution is -2.21. The van der Waals surface area contributed by atoms with Crippen LogP contribution >= 0.6 is 0 Å². The molecule has 1 N–H and O–H groups in total. The highest BCUT2D eigenvalue weighted by molar-refractivity contribution is 6.02. The number of aromatic nitrogens is 2. The van der Waals surface area contributed by atoms with Crippen LogP contribution in [0.5, 0.6) is 0 Å². The van der Waals surface area contributed by atoms with Gasteiger partial charge in [-0.15, -0.1) is 0 Å². The largest absolute Gasteiger partial charge is 0.462 e. The van der Waals surface area contributed by atoms with Gasteiger partial charge in [0.25, 0.3) is 0 Å². The molecule has 1 atom stereocenters. The number of benzene rings is 2. The summed E-state index contributed by atoms with van der Waals surface area (Å²) in [5.41, 5.74) is 5.76. The van der Waals surface area contributed by atoms with Gasteiger partial charge >= 0.3 is 5.97 Å². The van der Waals surface area contributed by atoms with E-state index in [1.54, 1.807) is 0 Å². The number of hydrogen-bond donors (Lipinski definition) is 1. The Labute approximate surface area is 153 Å². The van der Waals surface area contributed by atoms with Gasteiger partial charge in [0.05, 0.1) is 29.4 Å². The molecule has 1 aromatic heterocycles. The second kappa shape index (κ2) is 6.48. The molecule has 1 unspecified atom stereocenters. The lowest BCUT2D eigenvalue weighted by atomic mass is 9.90. The summed E-state index contributed by atoms with van der Waals surface area (Å²) >= 11 is 0. The van der Waals surface area contributed by atoms with Gasteiger partial charge in [-0.05, 0) is 43.9 Å². The summed E-state index contributed by atoms with van der Waals surface area (Å²) < 4.78 is 7.32. The van der Waals surface area contributed by atoms with Gasteiger partial charge in [-0.3, -0.25) is 0 Å². The molecule has 0 radical (unpaired) electrons. The summed E-state index contributed by atoms with van der Waals surface area (Å²) in [6.07, 6.45) is 1.75. The number of hydrogen-bond acceptors (Lipinski definition) is 4. The standard InChI is InChI=1S/C21H23N3O2/c1-4-26-21(25)16-12-18-20(22-13(2)24(18)3)19-15(16)10-11-17(23-19)14-8-6-5-7-9-14/h5-9,12,17,23H,4,10-11H2,1-3H3. The summed E-state index contributed by atoms with van der Waals surface area (Å²) in [6.45, 7) is 4.19. The number of ether oxygens (including phenoxy) is 1. The van der Waals surface area contributed by atoms with E-state index < -0.39 is 0 Å². The number of anilines is 1. The van der Waals surface area contributed by atoms with Gasteiger partial charge in [0.1, 0.15) is 11.3 Å². The Bertz CT molecular complexity index is 976. The Kier molecular flexibility index (Phi) is 4.15. The van der Waals surface area contributed by atoms with E-state index in [2.05, 4.69) is 29.6 Å². The van der Waals surface area contributed by atoms with Crippen molar-refractivity contribution in [3.63, 3.8) is 0 Å². The summed E-state index contributed by atoms with van der Waals surface area (Å²) in [4.78, 5) is 17.3. The molecule has 0 bridgehead atoms. The third-order valence-electron chi connectivity index (χ3n) is 5.21. The maximum atomic E-state index is 12.6. The molecule has 0 aliphatic carbocycles. The monoisotopic (exact) mass is 349 g/mol. The fourth-order valence-corrected chi connectivity index (χ4v) is 3.75. The predicted molar refractivity (Wildman–Crippen MR) is 103 cm³/mol. The van der Waals surface area contributed by atoms with Crippen LogP contribution in [0.3, 0.4) is 0 Å². The lowest BCUT2D eigenvalue weighted by molar-refractivity contribution is 0.0525. The number of nitrogens with one attached hydrogen (secondary N) is 1. The van der Waals surface area contributed by atoms with Crippen molar-refractivity contribution in [2.45, 2.75) is 32.7 Å². The molecule has 0 spiro atoms. The highest BCUT2D eigenvalue weighted by Crippen LogP contribution is 2.39. The lowest BCUT2D eigenvalue weighted by Gasteiger charge is -2.29.